The summed E-state index contributed by atoms with van der Waals surface area (Å²) in [5.74, 6) is 0.677. The minimum absolute atomic E-state index is 0.0217. The molecule has 1 saturated heterocycles. The van der Waals surface area contributed by atoms with Crippen LogP contribution in [0.3, 0.4) is 0 Å². The molecule has 0 aromatic heterocycles. The number of nitrogens with one attached hydrogen (secondary N) is 1. The third-order valence-electron chi connectivity index (χ3n) is 6.72. The zero-order valence-corrected chi connectivity index (χ0v) is 19.2. The van der Waals surface area contributed by atoms with Crippen LogP contribution in [-0.4, -0.2) is 36.4 Å². The second kappa shape index (κ2) is 10.4. The van der Waals surface area contributed by atoms with Gasteiger partial charge in [0, 0.05) is 23.8 Å². The van der Waals surface area contributed by atoms with E-state index >= 15 is 0 Å². The number of hydrogen-bond donors (Lipinski definition) is 1. The second-order valence-electron chi connectivity index (χ2n) is 8.86. The molecular formula is C26H31ClN2O3. The van der Waals surface area contributed by atoms with E-state index in [0.29, 0.717) is 10.8 Å². The summed E-state index contributed by atoms with van der Waals surface area (Å²) in [6, 6.07) is 14.9. The van der Waals surface area contributed by atoms with Gasteiger partial charge in [0.25, 0.3) is 5.91 Å². The van der Waals surface area contributed by atoms with E-state index in [1.165, 1.54) is 6.42 Å². The topological polar surface area (TPSA) is 58.6 Å². The molecule has 4 rings (SSSR count). The molecule has 0 unspecified atom stereocenters. The first-order valence-corrected chi connectivity index (χ1v) is 12.0. The maximum atomic E-state index is 13.4. The smallest absolute Gasteiger partial charge is 0.260 e. The Morgan fingerprint density at radius 1 is 0.875 bits per heavy atom. The molecular weight excluding hydrogens is 424 g/mol. The number of halogens is 1. The van der Waals surface area contributed by atoms with Crippen LogP contribution in [0.15, 0.2) is 48.5 Å². The Kier molecular flexibility index (Phi) is 7.36. The van der Waals surface area contributed by atoms with E-state index < -0.39 is 5.41 Å². The van der Waals surface area contributed by atoms with Crippen LogP contribution in [-0.2, 0) is 15.0 Å². The number of ether oxygens (including phenoxy) is 1. The molecule has 32 heavy (non-hydrogen) atoms. The molecule has 5 nitrogen and oxygen atoms in total. The van der Waals surface area contributed by atoms with E-state index in [2.05, 4.69) is 5.32 Å². The highest BCUT2D eigenvalue weighted by Crippen LogP contribution is 2.41. The number of piperidine rings is 1. The van der Waals surface area contributed by atoms with Gasteiger partial charge < -0.3 is 15.0 Å². The standard InChI is InChI=1S/C26H31ClN2O3/c27-21-9-7-20(8-10-21)26(15-3-1-4-16-26)25(31)28-22-11-13-23(14-12-22)32-19-24(30)29-17-5-2-6-18-29/h7-14H,1-6,15-19H2,(H,28,31). The molecule has 2 aromatic carbocycles. The number of carbonyl (C=O) groups is 2. The third kappa shape index (κ3) is 5.26. The molecule has 1 aliphatic heterocycles. The van der Waals surface area contributed by atoms with Crippen LogP contribution in [0.4, 0.5) is 5.69 Å². The van der Waals surface area contributed by atoms with Crippen LogP contribution in [0.25, 0.3) is 0 Å². The summed E-state index contributed by atoms with van der Waals surface area (Å²) in [6.45, 7) is 1.69. The number of carbonyl (C=O) groups excluding carboxylic acids is 2. The van der Waals surface area contributed by atoms with E-state index in [0.717, 1.165) is 69.3 Å². The highest BCUT2D eigenvalue weighted by Gasteiger charge is 2.41. The Morgan fingerprint density at radius 2 is 1.50 bits per heavy atom. The maximum absolute atomic E-state index is 13.4. The molecule has 1 aliphatic carbocycles. The monoisotopic (exact) mass is 454 g/mol. The molecule has 1 heterocycles. The van der Waals surface area contributed by atoms with Crippen LogP contribution in [0.5, 0.6) is 5.75 Å². The molecule has 1 saturated carbocycles. The number of anilines is 1. The van der Waals surface area contributed by atoms with Crippen molar-refractivity contribution < 1.29 is 14.3 Å². The minimum Gasteiger partial charge on any atom is -0.484 e. The van der Waals surface area contributed by atoms with Gasteiger partial charge in [0.1, 0.15) is 5.75 Å². The van der Waals surface area contributed by atoms with Gasteiger partial charge in [-0.25, -0.2) is 0 Å². The number of benzene rings is 2. The highest BCUT2D eigenvalue weighted by molar-refractivity contribution is 6.30. The molecule has 1 N–H and O–H groups in total. The lowest BCUT2D eigenvalue weighted by Crippen LogP contribution is -2.42. The number of likely N-dealkylation sites (tertiary alicyclic amines) is 1. The van der Waals surface area contributed by atoms with Crippen LogP contribution in [0.2, 0.25) is 5.02 Å². The van der Waals surface area contributed by atoms with Gasteiger partial charge in [0.15, 0.2) is 6.61 Å². The summed E-state index contributed by atoms with van der Waals surface area (Å²) >= 11 is 6.07. The summed E-state index contributed by atoms with van der Waals surface area (Å²) in [4.78, 5) is 27.6. The van der Waals surface area contributed by atoms with Crippen LogP contribution >= 0.6 is 11.6 Å². The molecule has 2 aromatic rings. The fourth-order valence-corrected chi connectivity index (χ4v) is 4.96. The van der Waals surface area contributed by atoms with Crippen LogP contribution in [0, 0.1) is 0 Å². The van der Waals surface area contributed by atoms with Gasteiger partial charge in [-0.2, -0.15) is 0 Å². The summed E-state index contributed by atoms with van der Waals surface area (Å²) in [5, 5.41) is 3.78. The molecule has 6 heteroatoms. The van der Waals surface area contributed by atoms with Crippen molar-refractivity contribution in [3.05, 3.63) is 59.1 Å². The second-order valence-corrected chi connectivity index (χ2v) is 9.29. The molecule has 2 fully saturated rings. The Bertz CT molecular complexity index is 915. The van der Waals surface area contributed by atoms with Gasteiger partial charge >= 0.3 is 0 Å². The average molecular weight is 455 g/mol. The summed E-state index contributed by atoms with van der Waals surface area (Å²) < 4.78 is 5.68. The van der Waals surface area contributed by atoms with Crippen molar-refractivity contribution in [2.45, 2.75) is 56.8 Å². The molecule has 0 bridgehead atoms. The lowest BCUT2D eigenvalue weighted by atomic mass is 9.68. The van der Waals surface area contributed by atoms with Crippen molar-refractivity contribution in [2.24, 2.45) is 0 Å². The third-order valence-corrected chi connectivity index (χ3v) is 6.97. The van der Waals surface area contributed by atoms with Crippen molar-refractivity contribution >= 4 is 29.1 Å². The Hall–Kier alpha value is -2.53. The average Bonchev–Trinajstić information content (AvgIpc) is 2.84. The van der Waals surface area contributed by atoms with Gasteiger partial charge in [-0.15, -0.1) is 0 Å². The van der Waals surface area contributed by atoms with Crippen molar-refractivity contribution in [2.75, 3.05) is 25.0 Å². The van der Waals surface area contributed by atoms with Crippen LogP contribution in [0.1, 0.15) is 56.9 Å². The van der Waals surface area contributed by atoms with E-state index in [4.69, 9.17) is 16.3 Å². The first-order valence-electron chi connectivity index (χ1n) is 11.6. The predicted molar refractivity (Wildman–Crippen MR) is 127 cm³/mol. The fourth-order valence-electron chi connectivity index (χ4n) is 4.84. The molecule has 170 valence electrons. The molecule has 2 aliphatic rings. The van der Waals surface area contributed by atoms with Crippen LogP contribution < -0.4 is 10.1 Å². The lowest BCUT2D eigenvalue weighted by molar-refractivity contribution is -0.134. The van der Waals surface area contributed by atoms with E-state index in [9.17, 15) is 9.59 Å². The van der Waals surface area contributed by atoms with Crippen molar-refractivity contribution in [1.82, 2.24) is 4.90 Å². The summed E-state index contributed by atoms with van der Waals surface area (Å²) in [6.07, 6.45) is 8.22. The Labute approximate surface area is 195 Å². The van der Waals surface area contributed by atoms with Crippen molar-refractivity contribution in [1.29, 1.82) is 0 Å². The number of rotatable bonds is 6. The first kappa shape index (κ1) is 22.7. The van der Waals surface area contributed by atoms with Crippen molar-refractivity contribution in [3.8, 4) is 5.75 Å². The Balaban J connectivity index is 1.38. The predicted octanol–water partition coefficient (Wildman–Crippen LogP) is 5.57. The molecule has 2 amide bonds. The fraction of sp³-hybridized carbons (Fsp3) is 0.462. The quantitative estimate of drug-likeness (QED) is 0.620. The maximum Gasteiger partial charge on any atom is 0.260 e. The van der Waals surface area contributed by atoms with Crippen molar-refractivity contribution in [3.63, 3.8) is 0 Å². The van der Waals surface area contributed by atoms with E-state index in [1.807, 2.05) is 41.3 Å². The zero-order valence-electron chi connectivity index (χ0n) is 18.4. The van der Waals surface area contributed by atoms with Gasteiger partial charge in [0.05, 0.1) is 5.41 Å². The highest BCUT2D eigenvalue weighted by atomic mass is 35.5. The van der Waals surface area contributed by atoms with Gasteiger partial charge in [-0.3, -0.25) is 9.59 Å². The summed E-state index contributed by atoms with van der Waals surface area (Å²) in [7, 11) is 0. The molecule has 0 radical (unpaired) electrons. The lowest BCUT2D eigenvalue weighted by Gasteiger charge is -2.36. The minimum atomic E-state index is -0.529. The van der Waals surface area contributed by atoms with Gasteiger partial charge in [0.2, 0.25) is 5.91 Å². The van der Waals surface area contributed by atoms with E-state index in [-0.39, 0.29) is 18.4 Å². The Morgan fingerprint density at radius 3 is 2.16 bits per heavy atom. The molecule has 0 spiro atoms. The largest absolute Gasteiger partial charge is 0.484 e. The SMILES string of the molecule is O=C(COc1ccc(NC(=O)C2(c3ccc(Cl)cc3)CCCCC2)cc1)N1CCCCC1. The van der Waals surface area contributed by atoms with Gasteiger partial charge in [-0.1, -0.05) is 43.0 Å². The number of amides is 2. The zero-order chi connectivity index (χ0) is 22.4. The normalized spacial score (nSPS) is 18.1. The number of nitrogens with zero attached hydrogens (tertiary/aromatic N) is 1. The van der Waals surface area contributed by atoms with Gasteiger partial charge in [-0.05, 0) is 74.1 Å². The first-order chi connectivity index (χ1) is 15.6. The van der Waals surface area contributed by atoms with E-state index in [1.54, 1.807) is 12.1 Å². The molecule has 0 atom stereocenters. The summed E-state index contributed by atoms with van der Waals surface area (Å²) in [5.41, 5.74) is 1.22. The number of hydrogen-bond acceptors (Lipinski definition) is 3.